The summed E-state index contributed by atoms with van der Waals surface area (Å²) in [7, 11) is 0. The van der Waals surface area contributed by atoms with E-state index in [-0.39, 0.29) is 11.6 Å². The fraction of sp³-hybridized carbons (Fsp3) is 0.500. The second-order valence-corrected chi connectivity index (χ2v) is 5.91. The van der Waals surface area contributed by atoms with Crippen LogP contribution in [-0.2, 0) is 9.53 Å². The van der Waals surface area contributed by atoms with E-state index in [1.807, 2.05) is 0 Å². The molecule has 0 spiro atoms. The van der Waals surface area contributed by atoms with Crippen molar-refractivity contribution in [2.75, 3.05) is 6.61 Å². The van der Waals surface area contributed by atoms with Crippen molar-refractivity contribution in [3.05, 3.63) is 35.3 Å². The van der Waals surface area contributed by atoms with Crippen molar-refractivity contribution in [3.63, 3.8) is 0 Å². The summed E-state index contributed by atoms with van der Waals surface area (Å²) in [5.74, 6) is -1.08. The number of imide groups is 1. The maximum absolute atomic E-state index is 11.8. The number of carbonyl (C=O) groups excluding carboxylic acids is 3. The highest BCUT2D eigenvalue weighted by molar-refractivity contribution is 5.97. The zero-order valence-electron chi connectivity index (χ0n) is 13.5. The number of carbonyl (C=O) groups is 3. The quantitative estimate of drug-likeness (QED) is 0.482. The smallest absolute Gasteiger partial charge is 0.339 e. The molecule has 0 unspecified atom stereocenters. The van der Waals surface area contributed by atoms with Gasteiger partial charge in [-0.15, -0.1) is 0 Å². The molecule has 0 radical (unpaired) electrons. The summed E-state index contributed by atoms with van der Waals surface area (Å²) in [6.07, 6.45) is 6.45. The molecule has 1 aromatic heterocycles. The van der Waals surface area contributed by atoms with Crippen LogP contribution in [0, 0.1) is 11.1 Å². The summed E-state index contributed by atoms with van der Waals surface area (Å²) in [4.78, 5) is 35.2. The van der Waals surface area contributed by atoms with E-state index in [0.29, 0.717) is 10.6 Å². The van der Waals surface area contributed by atoms with Gasteiger partial charge in [0.1, 0.15) is 0 Å². The van der Waals surface area contributed by atoms with E-state index in [9.17, 15) is 19.6 Å². The first kappa shape index (κ1) is 17.7. The number of pyridine rings is 1. The molecule has 0 aromatic carbocycles. The third-order valence-corrected chi connectivity index (χ3v) is 4.05. The predicted molar refractivity (Wildman–Crippen MR) is 83.8 cm³/mol. The van der Waals surface area contributed by atoms with Gasteiger partial charge in [0.05, 0.1) is 5.56 Å². The number of rotatable bonds is 4. The first-order valence-electron chi connectivity index (χ1n) is 7.92. The van der Waals surface area contributed by atoms with E-state index in [1.54, 1.807) is 0 Å². The Hall–Kier alpha value is -2.64. The molecule has 0 saturated heterocycles. The van der Waals surface area contributed by atoms with Gasteiger partial charge in [0, 0.05) is 18.2 Å². The Morgan fingerprint density at radius 3 is 2.58 bits per heavy atom. The molecule has 1 saturated carbocycles. The lowest BCUT2D eigenvalue weighted by molar-refractivity contribution is -0.605. The molecule has 2 atom stereocenters. The minimum Gasteiger partial charge on any atom is -0.619 e. The van der Waals surface area contributed by atoms with E-state index >= 15 is 0 Å². The van der Waals surface area contributed by atoms with Gasteiger partial charge in [0.15, 0.2) is 19.0 Å². The first-order valence-corrected chi connectivity index (χ1v) is 7.92. The summed E-state index contributed by atoms with van der Waals surface area (Å²) in [5.41, 5.74) is 0.149. The van der Waals surface area contributed by atoms with Gasteiger partial charge in [-0.2, -0.15) is 4.73 Å². The maximum atomic E-state index is 11.8. The van der Waals surface area contributed by atoms with Gasteiger partial charge in [-0.25, -0.2) is 9.59 Å². The Labute approximate surface area is 139 Å². The number of nitrogens with zero attached hydrogens (tertiary/aromatic N) is 1. The molecule has 24 heavy (non-hydrogen) atoms. The monoisotopic (exact) mass is 335 g/mol. The van der Waals surface area contributed by atoms with Crippen LogP contribution in [0.2, 0.25) is 0 Å². The number of ether oxygens (including phenoxy) is 1. The molecule has 8 nitrogen and oxygen atoms in total. The molecule has 0 bridgehead atoms. The van der Waals surface area contributed by atoms with Crippen LogP contribution in [0.5, 0.6) is 0 Å². The maximum Gasteiger partial charge on any atom is 0.339 e. The van der Waals surface area contributed by atoms with Crippen molar-refractivity contribution in [1.82, 2.24) is 10.6 Å². The first-order chi connectivity index (χ1) is 11.5. The average molecular weight is 335 g/mol. The number of aromatic nitrogens is 1. The largest absolute Gasteiger partial charge is 0.619 e. The topological polar surface area (TPSA) is 111 Å². The van der Waals surface area contributed by atoms with Crippen LogP contribution in [0.25, 0.3) is 0 Å². The Kier molecular flexibility index (Phi) is 6.11. The molecule has 1 fully saturated rings. The molecule has 1 heterocycles. The van der Waals surface area contributed by atoms with Crippen molar-refractivity contribution in [3.8, 4) is 0 Å². The zero-order chi connectivity index (χ0) is 17.5. The van der Waals surface area contributed by atoms with Crippen LogP contribution in [0.4, 0.5) is 4.79 Å². The van der Waals surface area contributed by atoms with Crippen molar-refractivity contribution in [1.29, 1.82) is 0 Å². The second kappa shape index (κ2) is 8.28. The fourth-order valence-corrected chi connectivity index (χ4v) is 2.66. The molecule has 1 aliphatic rings. The molecule has 3 amide bonds. The van der Waals surface area contributed by atoms with Gasteiger partial charge >= 0.3 is 12.0 Å². The van der Waals surface area contributed by atoms with Crippen molar-refractivity contribution >= 4 is 17.9 Å². The molecule has 2 N–H and O–H groups in total. The number of esters is 1. The fourth-order valence-electron chi connectivity index (χ4n) is 2.66. The summed E-state index contributed by atoms with van der Waals surface area (Å²) in [5, 5.41) is 15.8. The number of urea groups is 1. The van der Waals surface area contributed by atoms with E-state index < -0.39 is 24.5 Å². The van der Waals surface area contributed by atoms with Crippen LogP contribution >= 0.6 is 0 Å². The molecular formula is C16H21N3O5. The van der Waals surface area contributed by atoms with Crippen LogP contribution in [-0.4, -0.2) is 30.6 Å². The Bertz CT molecular complexity index is 602. The number of hydrogen-bond donors (Lipinski definition) is 2. The van der Waals surface area contributed by atoms with Gasteiger partial charge in [-0.1, -0.05) is 19.8 Å². The van der Waals surface area contributed by atoms with Crippen molar-refractivity contribution in [2.45, 2.75) is 38.6 Å². The minimum atomic E-state index is -0.743. The van der Waals surface area contributed by atoms with E-state index in [0.717, 1.165) is 38.1 Å². The highest BCUT2D eigenvalue weighted by atomic mass is 16.5. The van der Waals surface area contributed by atoms with Crippen molar-refractivity contribution < 1.29 is 23.9 Å². The molecule has 8 heteroatoms. The Morgan fingerprint density at radius 2 is 1.92 bits per heavy atom. The number of hydrogen-bond acceptors (Lipinski definition) is 5. The van der Waals surface area contributed by atoms with Crippen LogP contribution in [0.3, 0.4) is 0 Å². The third-order valence-electron chi connectivity index (χ3n) is 4.05. The van der Waals surface area contributed by atoms with Crippen molar-refractivity contribution in [2.24, 2.45) is 5.92 Å². The van der Waals surface area contributed by atoms with E-state index in [4.69, 9.17) is 4.74 Å². The minimum absolute atomic E-state index is 0.0530. The molecule has 2 rings (SSSR count). The number of nitrogens with one attached hydrogen (secondary N) is 2. The third kappa shape index (κ3) is 5.22. The van der Waals surface area contributed by atoms with E-state index in [1.165, 1.54) is 12.1 Å². The Balaban J connectivity index is 1.73. The summed E-state index contributed by atoms with van der Waals surface area (Å²) < 4.78 is 5.33. The standard InChI is InChI=1S/C16H21N3O5/c1-11-4-2-3-5-13(11)17-16(22)18-14(20)10-24-15(21)12-6-8-19(23)9-7-12/h6-9,11,13H,2-5,10H2,1H3,(H2,17,18,20,22)/t11-,13+/m0/s1. The van der Waals surface area contributed by atoms with Gasteiger partial charge in [-0.3, -0.25) is 10.1 Å². The molecule has 1 aromatic rings. The van der Waals surface area contributed by atoms with Gasteiger partial charge in [0.25, 0.3) is 5.91 Å². The SMILES string of the molecule is C[C@H]1CCCC[C@H]1NC(=O)NC(=O)COC(=O)c1cc[n+]([O-])cc1. The second-order valence-electron chi connectivity index (χ2n) is 5.91. The highest BCUT2D eigenvalue weighted by Gasteiger charge is 2.23. The van der Waals surface area contributed by atoms with Gasteiger partial charge in [-0.05, 0) is 18.8 Å². The lowest BCUT2D eigenvalue weighted by Crippen LogP contribution is -2.48. The van der Waals surface area contributed by atoms with Crippen LogP contribution < -0.4 is 15.4 Å². The molecular weight excluding hydrogens is 314 g/mol. The van der Waals surface area contributed by atoms with Gasteiger partial charge < -0.3 is 15.3 Å². The van der Waals surface area contributed by atoms with Crippen LogP contribution in [0.15, 0.2) is 24.5 Å². The lowest BCUT2D eigenvalue weighted by Gasteiger charge is -2.29. The molecule has 130 valence electrons. The van der Waals surface area contributed by atoms with E-state index in [2.05, 4.69) is 17.6 Å². The Morgan fingerprint density at radius 1 is 1.25 bits per heavy atom. The van der Waals surface area contributed by atoms with Crippen LogP contribution in [0.1, 0.15) is 43.0 Å². The summed E-state index contributed by atoms with van der Waals surface area (Å²) in [6.45, 7) is 1.50. The number of amides is 3. The predicted octanol–water partition coefficient (Wildman–Crippen LogP) is 0.881. The summed E-state index contributed by atoms with van der Waals surface area (Å²) >= 11 is 0. The average Bonchev–Trinajstić information content (AvgIpc) is 2.55. The zero-order valence-corrected chi connectivity index (χ0v) is 13.5. The molecule has 1 aliphatic carbocycles. The normalized spacial score (nSPS) is 20.0. The molecule has 0 aliphatic heterocycles. The highest BCUT2D eigenvalue weighted by Crippen LogP contribution is 2.23. The summed E-state index contributed by atoms with van der Waals surface area (Å²) in [6, 6.07) is 2.04. The van der Waals surface area contributed by atoms with Gasteiger partial charge in [0.2, 0.25) is 0 Å². The lowest BCUT2D eigenvalue weighted by atomic mass is 9.86.